The Kier molecular flexibility index (Phi) is 7.02. The molecule has 0 spiro atoms. The number of nitrogens with one attached hydrogen (secondary N) is 1. The molecule has 2 atom stereocenters. The third-order valence-corrected chi connectivity index (χ3v) is 3.70. The van der Waals surface area contributed by atoms with E-state index >= 15 is 0 Å². The average Bonchev–Trinajstić information content (AvgIpc) is 2.36. The molecule has 0 aliphatic heterocycles. The maximum absolute atomic E-state index is 11.1. The molecule has 0 bridgehead atoms. The van der Waals surface area contributed by atoms with Gasteiger partial charge in [-0.1, -0.05) is 6.07 Å². The van der Waals surface area contributed by atoms with Crippen LogP contribution < -0.4 is 14.8 Å². The zero-order chi connectivity index (χ0) is 15.1. The van der Waals surface area contributed by atoms with Crippen LogP contribution in [0.25, 0.3) is 0 Å². The van der Waals surface area contributed by atoms with E-state index in [-0.39, 0.29) is 12.1 Å². The first-order chi connectivity index (χ1) is 9.42. The van der Waals surface area contributed by atoms with E-state index in [4.69, 9.17) is 9.47 Å². The maximum atomic E-state index is 11.1. The Bertz CT molecular complexity index is 449. The van der Waals surface area contributed by atoms with Gasteiger partial charge in [0.25, 0.3) is 0 Å². The Balaban J connectivity index is 2.65. The highest BCUT2D eigenvalue weighted by Gasteiger charge is 2.09. The molecule has 0 fully saturated rings. The highest BCUT2D eigenvalue weighted by atomic mass is 32.2. The van der Waals surface area contributed by atoms with E-state index in [2.05, 4.69) is 5.32 Å². The van der Waals surface area contributed by atoms with Crippen molar-refractivity contribution >= 4 is 10.8 Å². The highest BCUT2D eigenvalue weighted by molar-refractivity contribution is 7.84. The molecule has 0 saturated carbocycles. The fourth-order valence-corrected chi connectivity index (χ4v) is 2.70. The average molecular weight is 299 g/mol. The molecule has 2 unspecified atom stereocenters. The van der Waals surface area contributed by atoms with Crippen LogP contribution in [0.3, 0.4) is 0 Å². The smallest absolute Gasteiger partial charge is 0.161 e. The van der Waals surface area contributed by atoms with E-state index < -0.39 is 10.8 Å². The van der Waals surface area contributed by atoms with Gasteiger partial charge in [0, 0.05) is 35.4 Å². The topological polar surface area (TPSA) is 47.6 Å². The fourth-order valence-electron chi connectivity index (χ4n) is 1.88. The number of rotatable bonds is 8. The lowest BCUT2D eigenvalue weighted by molar-refractivity contribution is 0.230. The lowest BCUT2D eigenvalue weighted by atomic mass is 10.2. The molecule has 0 heterocycles. The van der Waals surface area contributed by atoms with Gasteiger partial charge >= 0.3 is 0 Å². The van der Waals surface area contributed by atoms with Crippen molar-refractivity contribution in [3.8, 4) is 11.5 Å². The van der Waals surface area contributed by atoms with Crippen LogP contribution in [-0.2, 0) is 17.3 Å². The molecule has 0 aliphatic carbocycles. The molecule has 0 saturated heterocycles. The quantitative estimate of drug-likeness (QED) is 0.800. The van der Waals surface area contributed by atoms with E-state index in [0.29, 0.717) is 5.75 Å². The van der Waals surface area contributed by atoms with E-state index in [1.165, 1.54) is 0 Å². The molecule has 114 valence electrons. The van der Waals surface area contributed by atoms with Crippen LogP contribution in [0, 0.1) is 0 Å². The number of ether oxygens (including phenoxy) is 2. The molecule has 0 radical (unpaired) electrons. The summed E-state index contributed by atoms with van der Waals surface area (Å²) in [5.41, 5.74) is 1.12. The molecule has 1 N–H and O–H groups in total. The van der Waals surface area contributed by atoms with Crippen LogP contribution in [0.2, 0.25) is 0 Å². The van der Waals surface area contributed by atoms with E-state index in [9.17, 15) is 4.21 Å². The van der Waals surface area contributed by atoms with E-state index in [0.717, 1.165) is 23.6 Å². The van der Waals surface area contributed by atoms with Gasteiger partial charge < -0.3 is 14.8 Å². The number of benzene rings is 1. The Labute approximate surface area is 124 Å². The molecular formula is C15H25NO3S. The number of methoxy groups -OCH3 is 1. The summed E-state index contributed by atoms with van der Waals surface area (Å²) < 4.78 is 22.2. The van der Waals surface area contributed by atoms with Crippen LogP contribution in [0.1, 0.15) is 26.3 Å². The number of hydrogen-bond donors (Lipinski definition) is 1. The molecule has 0 aromatic heterocycles. The van der Waals surface area contributed by atoms with Crippen molar-refractivity contribution in [1.82, 2.24) is 5.32 Å². The maximum Gasteiger partial charge on any atom is 0.161 e. The molecule has 1 aromatic rings. The lowest BCUT2D eigenvalue weighted by Gasteiger charge is -2.16. The Morgan fingerprint density at radius 1 is 1.25 bits per heavy atom. The standard InChI is InChI=1S/C15H25NO3S/c1-11(2)19-14-7-6-13(8-15(14)18-4)9-16-12(3)10-20(5)17/h6-8,11-12,16H,9-10H2,1-5H3. The first kappa shape index (κ1) is 17.0. The van der Waals surface area contributed by atoms with Crippen molar-refractivity contribution in [3.63, 3.8) is 0 Å². The van der Waals surface area contributed by atoms with Gasteiger partial charge in [0.2, 0.25) is 0 Å². The monoisotopic (exact) mass is 299 g/mol. The van der Waals surface area contributed by atoms with Gasteiger partial charge in [-0.3, -0.25) is 4.21 Å². The highest BCUT2D eigenvalue weighted by Crippen LogP contribution is 2.28. The summed E-state index contributed by atoms with van der Waals surface area (Å²) in [6.07, 6.45) is 1.84. The third-order valence-electron chi connectivity index (χ3n) is 2.73. The molecule has 0 amide bonds. The minimum Gasteiger partial charge on any atom is -0.493 e. The van der Waals surface area contributed by atoms with Crippen molar-refractivity contribution in [3.05, 3.63) is 23.8 Å². The minimum absolute atomic E-state index is 0.118. The van der Waals surface area contributed by atoms with Crippen molar-refractivity contribution in [1.29, 1.82) is 0 Å². The van der Waals surface area contributed by atoms with Crippen LogP contribution in [0.15, 0.2) is 18.2 Å². The summed E-state index contributed by atoms with van der Waals surface area (Å²) in [7, 11) is 0.864. The predicted molar refractivity (Wildman–Crippen MR) is 84.0 cm³/mol. The molecule has 20 heavy (non-hydrogen) atoms. The second kappa shape index (κ2) is 8.27. The molecular weight excluding hydrogens is 274 g/mol. The van der Waals surface area contributed by atoms with Crippen LogP contribution in [0.4, 0.5) is 0 Å². The summed E-state index contributed by atoms with van der Waals surface area (Å²) in [5, 5.41) is 3.35. The van der Waals surface area contributed by atoms with E-state index in [1.807, 2.05) is 39.0 Å². The SMILES string of the molecule is COc1cc(CNC(C)CS(C)=O)ccc1OC(C)C. The molecule has 1 rings (SSSR count). The molecule has 5 heteroatoms. The second-order valence-corrected chi connectivity index (χ2v) is 6.65. The lowest BCUT2D eigenvalue weighted by Crippen LogP contribution is -2.30. The fraction of sp³-hybridized carbons (Fsp3) is 0.600. The minimum atomic E-state index is -0.777. The number of hydrogen-bond acceptors (Lipinski definition) is 4. The largest absolute Gasteiger partial charge is 0.493 e. The van der Waals surface area contributed by atoms with Crippen LogP contribution >= 0.6 is 0 Å². The van der Waals surface area contributed by atoms with Gasteiger partial charge in [-0.15, -0.1) is 0 Å². The van der Waals surface area contributed by atoms with Crippen molar-refractivity contribution in [2.75, 3.05) is 19.1 Å². The Morgan fingerprint density at radius 3 is 2.50 bits per heavy atom. The second-order valence-electron chi connectivity index (χ2n) is 5.17. The van der Waals surface area contributed by atoms with Crippen LogP contribution in [0.5, 0.6) is 11.5 Å². The summed E-state index contributed by atoms with van der Waals surface area (Å²) in [6.45, 7) is 6.73. The predicted octanol–water partition coefficient (Wildman–Crippen LogP) is 2.34. The van der Waals surface area contributed by atoms with Gasteiger partial charge in [-0.2, -0.15) is 0 Å². The first-order valence-corrected chi connectivity index (χ1v) is 8.52. The molecule has 4 nitrogen and oxygen atoms in total. The van der Waals surface area contributed by atoms with Gasteiger partial charge in [-0.25, -0.2) is 0 Å². The van der Waals surface area contributed by atoms with Gasteiger partial charge in [0.05, 0.1) is 13.2 Å². The van der Waals surface area contributed by atoms with Crippen molar-refractivity contribution in [2.45, 2.75) is 39.5 Å². The molecule has 1 aromatic carbocycles. The van der Waals surface area contributed by atoms with Gasteiger partial charge in [0.1, 0.15) is 0 Å². The molecule has 0 aliphatic rings. The van der Waals surface area contributed by atoms with Crippen LogP contribution in [-0.4, -0.2) is 35.5 Å². The zero-order valence-electron chi connectivity index (χ0n) is 12.9. The summed E-state index contributed by atoms with van der Waals surface area (Å²) in [5.74, 6) is 2.16. The summed E-state index contributed by atoms with van der Waals surface area (Å²) in [6, 6.07) is 6.14. The van der Waals surface area contributed by atoms with Gasteiger partial charge in [-0.05, 0) is 38.5 Å². The van der Waals surface area contributed by atoms with Crippen molar-refractivity contribution < 1.29 is 13.7 Å². The normalized spacial score (nSPS) is 14.1. The Morgan fingerprint density at radius 2 is 1.95 bits per heavy atom. The summed E-state index contributed by atoms with van der Waals surface area (Å²) >= 11 is 0. The third kappa shape index (κ3) is 5.92. The first-order valence-electron chi connectivity index (χ1n) is 6.79. The van der Waals surface area contributed by atoms with Gasteiger partial charge in [0.15, 0.2) is 11.5 Å². The Hall–Kier alpha value is -1.07. The van der Waals surface area contributed by atoms with E-state index in [1.54, 1.807) is 13.4 Å². The van der Waals surface area contributed by atoms with Crippen molar-refractivity contribution in [2.24, 2.45) is 0 Å². The summed E-state index contributed by atoms with van der Waals surface area (Å²) in [4.78, 5) is 0. The zero-order valence-corrected chi connectivity index (χ0v) is 13.8.